The topological polar surface area (TPSA) is 232 Å². The van der Waals surface area contributed by atoms with Crippen molar-refractivity contribution in [1.29, 1.82) is 0 Å². The number of nitrogens with two attached hydrogens (primary N) is 1. The van der Waals surface area contributed by atoms with Gasteiger partial charge in [0.2, 0.25) is 5.95 Å². The van der Waals surface area contributed by atoms with Crippen molar-refractivity contribution in [2.75, 3.05) is 38.3 Å². The fourth-order valence-corrected chi connectivity index (χ4v) is 3.78. The lowest BCUT2D eigenvalue weighted by atomic mass is 10.0. The van der Waals surface area contributed by atoms with Gasteiger partial charge >= 0.3 is 29.8 Å². The molecule has 0 amide bonds. The fourth-order valence-electron chi connectivity index (χ4n) is 3.78. The number of carboxylic acid groups (broad SMARTS) is 3. The van der Waals surface area contributed by atoms with Crippen LogP contribution in [0.15, 0.2) is 24.3 Å². The van der Waals surface area contributed by atoms with Crippen molar-refractivity contribution >= 4 is 41.6 Å². The number of aryl methyl sites for hydroxylation is 1. The number of carboxylic acids is 3. The van der Waals surface area contributed by atoms with Gasteiger partial charge in [0, 0.05) is 38.3 Å². The van der Waals surface area contributed by atoms with Gasteiger partial charge in [0.15, 0.2) is 0 Å². The van der Waals surface area contributed by atoms with Gasteiger partial charge in [-0.15, -0.1) is 5.06 Å². The number of benzene rings is 1. The number of rotatable bonds is 19. The van der Waals surface area contributed by atoms with Crippen molar-refractivity contribution in [3.63, 3.8) is 0 Å². The number of carbonyl (C=O) groups excluding carboxylic acids is 2. The maximum absolute atomic E-state index is 10.8. The number of unbranched alkanes of at least 4 members (excludes halogenated alkanes) is 3. The van der Waals surface area contributed by atoms with Crippen LogP contribution < -0.4 is 11.1 Å². The molecule has 268 valence electrons. The fraction of sp³-hybridized carbons (Fsp3) is 0.545. The lowest BCUT2D eigenvalue weighted by Gasteiger charge is -2.14. The van der Waals surface area contributed by atoms with Crippen molar-refractivity contribution in [3.05, 3.63) is 46.6 Å². The molecule has 15 nitrogen and oxygen atoms in total. The van der Waals surface area contributed by atoms with Crippen LogP contribution in [-0.2, 0) is 46.4 Å². The highest BCUT2D eigenvalue weighted by Gasteiger charge is 2.12. The van der Waals surface area contributed by atoms with Crippen LogP contribution in [0, 0.1) is 6.92 Å². The maximum Gasteiger partial charge on any atom is 0.325 e. The van der Waals surface area contributed by atoms with Gasteiger partial charge in [-0.25, -0.2) is 4.98 Å². The monoisotopic (exact) mass is 677 g/mol. The molecule has 0 radical (unpaired) electrons. The van der Waals surface area contributed by atoms with Gasteiger partial charge in [0.05, 0.1) is 38.7 Å². The van der Waals surface area contributed by atoms with E-state index in [-0.39, 0.29) is 38.1 Å². The lowest BCUT2D eigenvalue weighted by molar-refractivity contribution is -0.179. The highest BCUT2D eigenvalue weighted by molar-refractivity contribution is 5.77. The van der Waals surface area contributed by atoms with Crippen molar-refractivity contribution < 1.29 is 48.9 Å². The Morgan fingerprint density at radius 1 is 0.792 bits per heavy atom. The van der Waals surface area contributed by atoms with Gasteiger partial charge in [-0.3, -0.25) is 24.0 Å². The third-order valence-corrected chi connectivity index (χ3v) is 6.19. The van der Waals surface area contributed by atoms with Gasteiger partial charge in [-0.2, -0.15) is 4.98 Å². The molecule has 15 heteroatoms. The van der Waals surface area contributed by atoms with E-state index in [9.17, 15) is 24.0 Å². The van der Waals surface area contributed by atoms with E-state index in [2.05, 4.69) is 27.0 Å². The van der Waals surface area contributed by atoms with Crippen molar-refractivity contribution in [3.8, 4) is 0 Å². The molecular formula is C33H51N5O10. The molecule has 1 aromatic carbocycles. The Labute approximate surface area is 281 Å². The Morgan fingerprint density at radius 3 is 1.88 bits per heavy atom. The summed E-state index contributed by atoms with van der Waals surface area (Å²) < 4.78 is 4.73. The first-order valence-electron chi connectivity index (χ1n) is 15.8. The van der Waals surface area contributed by atoms with E-state index in [1.165, 1.54) is 17.9 Å². The largest absolute Gasteiger partial charge is 0.481 e. The molecule has 0 aliphatic rings. The van der Waals surface area contributed by atoms with Crippen LogP contribution in [0.4, 0.5) is 11.8 Å². The zero-order valence-electron chi connectivity index (χ0n) is 28.6. The Morgan fingerprint density at radius 2 is 1.35 bits per heavy atom. The van der Waals surface area contributed by atoms with Gasteiger partial charge in [-0.1, -0.05) is 57.4 Å². The Kier molecular flexibility index (Phi) is 22.8. The van der Waals surface area contributed by atoms with E-state index in [0.717, 1.165) is 54.0 Å². The third-order valence-electron chi connectivity index (χ3n) is 6.19. The Hall–Kier alpha value is -4.79. The van der Waals surface area contributed by atoms with Crippen LogP contribution in [-0.4, -0.2) is 87.4 Å². The second kappa shape index (κ2) is 25.3. The van der Waals surface area contributed by atoms with Crippen LogP contribution in [0.5, 0.6) is 0 Å². The molecule has 0 atom stereocenters. The molecule has 48 heavy (non-hydrogen) atoms. The average Bonchev–Trinajstić information content (AvgIpc) is 3.00. The first kappa shape index (κ1) is 43.2. The highest BCUT2D eigenvalue weighted by atomic mass is 16.7. The van der Waals surface area contributed by atoms with E-state index in [0.29, 0.717) is 13.0 Å². The molecule has 2 aromatic rings. The van der Waals surface area contributed by atoms with Crippen molar-refractivity contribution in [2.24, 2.45) is 0 Å². The quantitative estimate of drug-likeness (QED) is 0.0794. The number of nitrogen functional groups attached to an aromatic ring is 1. The van der Waals surface area contributed by atoms with E-state index < -0.39 is 29.8 Å². The second-order valence-corrected chi connectivity index (χ2v) is 10.8. The summed E-state index contributed by atoms with van der Waals surface area (Å²) in [4.78, 5) is 65.3. The predicted octanol–water partition coefficient (Wildman–Crippen LogP) is 4.25. The molecule has 0 aliphatic heterocycles. The number of aliphatic carboxylic acids is 3. The number of esters is 1. The molecule has 0 saturated heterocycles. The normalized spacial score (nSPS) is 10.1. The SMILES string of the molecule is CCCCCNc1nc(N)nc(C)c1Cc1ccc(CC(=O)O)cc1.CCCCOC(=O)CCC(=O)O.CN(C)OC(=O)CCC(=O)O. The summed E-state index contributed by atoms with van der Waals surface area (Å²) in [7, 11) is 3.11. The number of ether oxygens (including phenoxy) is 1. The molecule has 0 fully saturated rings. The molecule has 6 N–H and O–H groups in total. The number of anilines is 2. The zero-order valence-corrected chi connectivity index (χ0v) is 28.6. The molecule has 0 aliphatic carbocycles. The van der Waals surface area contributed by atoms with E-state index in [1.54, 1.807) is 14.1 Å². The summed E-state index contributed by atoms with van der Waals surface area (Å²) in [5.74, 6) is -2.69. The van der Waals surface area contributed by atoms with Gasteiger partial charge < -0.3 is 35.9 Å². The van der Waals surface area contributed by atoms with Crippen LogP contribution in [0.25, 0.3) is 0 Å². The maximum atomic E-state index is 10.8. The number of hydrogen-bond acceptors (Lipinski definition) is 12. The summed E-state index contributed by atoms with van der Waals surface area (Å²) in [6, 6.07) is 7.61. The second-order valence-electron chi connectivity index (χ2n) is 10.8. The summed E-state index contributed by atoms with van der Waals surface area (Å²) in [6.45, 7) is 7.35. The zero-order chi connectivity index (χ0) is 36.5. The smallest absolute Gasteiger partial charge is 0.325 e. The van der Waals surface area contributed by atoms with Crippen LogP contribution in [0.3, 0.4) is 0 Å². The van der Waals surface area contributed by atoms with E-state index >= 15 is 0 Å². The minimum Gasteiger partial charge on any atom is -0.481 e. The number of hydroxylamine groups is 2. The summed E-state index contributed by atoms with van der Waals surface area (Å²) in [5, 5.41) is 29.9. The molecule has 0 unspecified atom stereocenters. The van der Waals surface area contributed by atoms with E-state index in [4.69, 9.17) is 25.8 Å². The van der Waals surface area contributed by atoms with Gasteiger partial charge in [-0.05, 0) is 30.9 Å². The van der Waals surface area contributed by atoms with Crippen LogP contribution in [0.2, 0.25) is 0 Å². The number of nitrogens with one attached hydrogen (secondary N) is 1. The standard InChI is InChI=1S/C19H26N4O2.C8H14O4.C6H11NO4/c1-3-4-5-10-21-18-16(13(2)22-19(20)23-18)11-14-6-8-15(9-7-14)12-17(24)25;1-2-3-6-12-8(11)5-4-7(9)10;1-7(2)11-6(10)4-3-5(8)9/h6-9H,3-5,10-12H2,1-2H3,(H,24,25)(H3,20,21,22,23);2-6H2,1H3,(H,9,10);3-4H2,1-2H3,(H,8,9). The molecule has 0 bridgehead atoms. The highest BCUT2D eigenvalue weighted by Crippen LogP contribution is 2.22. The molecule has 1 heterocycles. The third kappa shape index (κ3) is 22.7. The first-order valence-corrected chi connectivity index (χ1v) is 15.8. The Balaban J connectivity index is 0.000000802. The van der Waals surface area contributed by atoms with Gasteiger partial charge in [0.1, 0.15) is 5.82 Å². The number of carbonyl (C=O) groups is 5. The lowest BCUT2D eigenvalue weighted by Crippen LogP contribution is -2.18. The number of aromatic nitrogens is 2. The van der Waals surface area contributed by atoms with Crippen LogP contribution in [0.1, 0.15) is 94.0 Å². The minimum absolute atomic E-state index is 0.0287. The molecule has 0 saturated carbocycles. The molecule has 0 spiro atoms. The average molecular weight is 678 g/mol. The number of hydrogen-bond donors (Lipinski definition) is 5. The molecule has 2 rings (SSSR count). The van der Waals surface area contributed by atoms with Crippen molar-refractivity contribution in [2.45, 2.75) is 91.4 Å². The number of nitrogens with zero attached hydrogens (tertiary/aromatic N) is 3. The predicted molar refractivity (Wildman–Crippen MR) is 179 cm³/mol. The van der Waals surface area contributed by atoms with Gasteiger partial charge in [0.25, 0.3) is 0 Å². The van der Waals surface area contributed by atoms with E-state index in [1.807, 2.05) is 38.1 Å². The van der Waals surface area contributed by atoms with Crippen LogP contribution >= 0.6 is 0 Å². The Bertz CT molecular complexity index is 1290. The molecular weight excluding hydrogens is 626 g/mol. The summed E-state index contributed by atoms with van der Waals surface area (Å²) in [5.41, 5.74) is 9.56. The minimum atomic E-state index is -0.999. The summed E-state index contributed by atoms with van der Waals surface area (Å²) in [6.07, 6.45) is 5.48. The van der Waals surface area contributed by atoms with Crippen molar-refractivity contribution in [1.82, 2.24) is 15.0 Å². The summed E-state index contributed by atoms with van der Waals surface area (Å²) >= 11 is 0. The molecule has 1 aromatic heterocycles. The first-order chi connectivity index (χ1) is 22.7.